The molecule has 7 nitrogen and oxygen atoms in total. The fourth-order valence-corrected chi connectivity index (χ4v) is 4.43. The molecule has 5 rings (SSSR count). The molecule has 2 aliphatic heterocycles. The first-order chi connectivity index (χ1) is 14.1. The minimum absolute atomic E-state index is 0.0732. The Morgan fingerprint density at radius 2 is 2.07 bits per heavy atom. The predicted molar refractivity (Wildman–Crippen MR) is 111 cm³/mol. The number of anilines is 1. The van der Waals surface area contributed by atoms with Gasteiger partial charge in [0.25, 0.3) is 5.91 Å². The van der Waals surface area contributed by atoms with Gasteiger partial charge in [0.05, 0.1) is 12.3 Å². The molecule has 7 heteroatoms. The second-order valence-corrected chi connectivity index (χ2v) is 8.10. The number of amides is 1. The van der Waals surface area contributed by atoms with Crippen molar-refractivity contribution in [3.05, 3.63) is 53.5 Å². The minimum Gasteiger partial charge on any atom is -0.368 e. The van der Waals surface area contributed by atoms with Gasteiger partial charge in [-0.1, -0.05) is 6.07 Å². The van der Waals surface area contributed by atoms with Crippen molar-refractivity contribution in [2.75, 3.05) is 38.7 Å². The predicted octanol–water partition coefficient (Wildman–Crippen LogP) is 2.73. The monoisotopic (exact) mass is 391 g/mol. The third-order valence-corrected chi connectivity index (χ3v) is 6.09. The Bertz CT molecular complexity index is 1070. The highest BCUT2D eigenvalue weighted by Gasteiger charge is 2.43. The molecule has 1 N–H and O–H groups in total. The van der Waals surface area contributed by atoms with Crippen LogP contribution in [-0.2, 0) is 16.8 Å². The Hall–Kier alpha value is -2.93. The molecular weight excluding hydrogens is 366 g/mol. The molecule has 4 heterocycles. The first kappa shape index (κ1) is 18.1. The molecule has 29 heavy (non-hydrogen) atoms. The Balaban J connectivity index is 1.37. The number of hydrogen-bond donors (Lipinski definition) is 1. The summed E-state index contributed by atoms with van der Waals surface area (Å²) in [7, 11) is 3.89. The van der Waals surface area contributed by atoms with Crippen molar-refractivity contribution >= 4 is 22.8 Å². The molecule has 1 spiro atoms. The average molecular weight is 391 g/mol. The number of benzene rings is 1. The van der Waals surface area contributed by atoms with Crippen molar-refractivity contribution in [2.45, 2.75) is 24.9 Å². The van der Waals surface area contributed by atoms with Crippen LogP contribution < -0.4 is 4.90 Å². The van der Waals surface area contributed by atoms with Gasteiger partial charge in [-0.15, -0.1) is 0 Å². The van der Waals surface area contributed by atoms with Crippen LogP contribution in [0.5, 0.6) is 0 Å². The van der Waals surface area contributed by atoms with Crippen LogP contribution in [0.25, 0.3) is 10.9 Å². The topological polar surface area (TPSA) is 74.4 Å². The average Bonchev–Trinajstić information content (AvgIpc) is 3.22. The summed E-state index contributed by atoms with van der Waals surface area (Å²) in [6, 6.07) is 7.84. The third-order valence-electron chi connectivity index (χ3n) is 6.09. The van der Waals surface area contributed by atoms with Crippen molar-refractivity contribution < 1.29 is 9.53 Å². The van der Waals surface area contributed by atoms with Crippen LogP contribution in [0.4, 0.5) is 5.95 Å². The lowest BCUT2D eigenvalue weighted by molar-refractivity contribution is -0.0967. The number of nitrogens with one attached hydrogen (secondary N) is 1. The summed E-state index contributed by atoms with van der Waals surface area (Å²) in [5.74, 6) is 0.774. The fourth-order valence-electron chi connectivity index (χ4n) is 4.43. The van der Waals surface area contributed by atoms with E-state index in [-0.39, 0.29) is 5.91 Å². The van der Waals surface area contributed by atoms with Gasteiger partial charge in [0.2, 0.25) is 5.95 Å². The molecule has 0 saturated carbocycles. The zero-order valence-corrected chi connectivity index (χ0v) is 16.8. The van der Waals surface area contributed by atoms with E-state index in [1.165, 1.54) is 5.56 Å². The molecule has 1 amide bonds. The number of likely N-dealkylation sites (tertiary alicyclic amines) is 1. The van der Waals surface area contributed by atoms with Gasteiger partial charge >= 0.3 is 0 Å². The molecule has 1 fully saturated rings. The van der Waals surface area contributed by atoms with Crippen molar-refractivity contribution in [1.29, 1.82) is 0 Å². The highest BCUT2D eigenvalue weighted by atomic mass is 16.5. The number of aromatic amines is 1. The lowest BCUT2D eigenvalue weighted by Gasteiger charge is -2.44. The summed E-state index contributed by atoms with van der Waals surface area (Å²) in [6.45, 7) is 1.99. The fraction of sp³-hybridized carbons (Fsp3) is 0.409. The standard InChI is InChI=1S/C22H25N5O2/c1-26(2)21-24-14-17-6-12-29-22(19(17)25-21)7-10-27(11-8-22)20(28)16-4-3-15-5-9-23-18(15)13-16/h3-5,9,13-14,23H,6-8,10-12H2,1-2H3. The van der Waals surface area contributed by atoms with Gasteiger partial charge in [0.15, 0.2) is 0 Å². The summed E-state index contributed by atoms with van der Waals surface area (Å²) in [5, 5.41) is 1.11. The summed E-state index contributed by atoms with van der Waals surface area (Å²) < 4.78 is 6.30. The smallest absolute Gasteiger partial charge is 0.253 e. The third kappa shape index (κ3) is 3.06. The number of ether oxygens (including phenoxy) is 1. The molecule has 1 aromatic carbocycles. The number of H-pyrrole nitrogens is 1. The van der Waals surface area contributed by atoms with Crippen LogP contribution in [0.1, 0.15) is 34.5 Å². The van der Waals surface area contributed by atoms with Crippen LogP contribution in [-0.4, -0.2) is 59.6 Å². The molecule has 3 aromatic rings. The van der Waals surface area contributed by atoms with Crippen LogP contribution in [0, 0.1) is 0 Å². The normalized spacial score (nSPS) is 18.1. The SMILES string of the molecule is CN(C)c1ncc2c(n1)C1(CCN(C(=O)c3ccc4cc[nH]c4c3)CC1)OCC2. The second kappa shape index (κ2) is 6.84. The maximum Gasteiger partial charge on any atom is 0.253 e. The highest BCUT2D eigenvalue weighted by molar-refractivity contribution is 5.98. The van der Waals surface area contributed by atoms with Gasteiger partial charge in [-0.2, -0.15) is 0 Å². The van der Waals surface area contributed by atoms with Crippen LogP contribution in [0.3, 0.4) is 0 Å². The van der Waals surface area contributed by atoms with Gasteiger partial charge in [-0.05, 0) is 48.4 Å². The van der Waals surface area contributed by atoms with E-state index in [0.29, 0.717) is 25.6 Å². The maximum absolute atomic E-state index is 13.1. The van der Waals surface area contributed by atoms with E-state index in [4.69, 9.17) is 9.72 Å². The Morgan fingerprint density at radius 1 is 1.24 bits per heavy atom. The number of piperidine rings is 1. The Kier molecular flexibility index (Phi) is 4.28. The number of nitrogens with zero attached hydrogens (tertiary/aromatic N) is 4. The number of carbonyl (C=O) groups is 1. The quantitative estimate of drug-likeness (QED) is 0.727. The van der Waals surface area contributed by atoms with E-state index in [1.807, 2.05) is 60.6 Å². The van der Waals surface area contributed by atoms with E-state index in [9.17, 15) is 4.79 Å². The van der Waals surface area contributed by atoms with Gasteiger partial charge < -0.3 is 19.5 Å². The zero-order chi connectivity index (χ0) is 20.0. The summed E-state index contributed by atoms with van der Waals surface area (Å²) in [4.78, 5) is 29.4. The van der Waals surface area contributed by atoms with Gasteiger partial charge in [-0.3, -0.25) is 4.79 Å². The molecular formula is C22H25N5O2. The summed E-state index contributed by atoms with van der Waals surface area (Å²) >= 11 is 0. The van der Waals surface area contributed by atoms with Gasteiger partial charge in [-0.25, -0.2) is 9.97 Å². The Labute approximate surface area is 169 Å². The maximum atomic E-state index is 13.1. The number of carbonyl (C=O) groups excluding carboxylic acids is 1. The summed E-state index contributed by atoms with van der Waals surface area (Å²) in [6.07, 6.45) is 6.17. The van der Waals surface area contributed by atoms with Crippen molar-refractivity contribution in [3.63, 3.8) is 0 Å². The van der Waals surface area contributed by atoms with Crippen LogP contribution in [0.15, 0.2) is 36.7 Å². The summed E-state index contributed by atoms with van der Waals surface area (Å²) in [5.41, 5.74) is 3.46. The number of aromatic nitrogens is 3. The van der Waals surface area contributed by atoms with Gasteiger partial charge in [0.1, 0.15) is 5.60 Å². The van der Waals surface area contributed by atoms with E-state index in [1.54, 1.807) is 0 Å². The van der Waals surface area contributed by atoms with Gasteiger partial charge in [0, 0.05) is 50.7 Å². The molecule has 0 atom stereocenters. The number of hydrogen-bond acceptors (Lipinski definition) is 5. The molecule has 0 unspecified atom stereocenters. The first-order valence-corrected chi connectivity index (χ1v) is 10.1. The molecule has 0 aliphatic carbocycles. The molecule has 2 aliphatic rings. The van der Waals surface area contributed by atoms with E-state index >= 15 is 0 Å². The van der Waals surface area contributed by atoms with Crippen molar-refractivity contribution in [3.8, 4) is 0 Å². The minimum atomic E-state index is -0.415. The molecule has 0 bridgehead atoms. The van der Waals surface area contributed by atoms with E-state index < -0.39 is 5.60 Å². The molecule has 1 saturated heterocycles. The molecule has 150 valence electrons. The number of fused-ring (bicyclic) bond motifs is 3. The highest BCUT2D eigenvalue weighted by Crippen LogP contribution is 2.41. The van der Waals surface area contributed by atoms with Crippen LogP contribution >= 0.6 is 0 Å². The largest absolute Gasteiger partial charge is 0.368 e. The van der Waals surface area contributed by atoms with Crippen molar-refractivity contribution in [2.24, 2.45) is 0 Å². The molecule has 0 radical (unpaired) electrons. The van der Waals surface area contributed by atoms with E-state index in [2.05, 4.69) is 9.97 Å². The van der Waals surface area contributed by atoms with Crippen molar-refractivity contribution in [1.82, 2.24) is 19.9 Å². The second-order valence-electron chi connectivity index (χ2n) is 8.10. The number of rotatable bonds is 2. The molecule has 2 aromatic heterocycles. The Morgan fingerprint density at radius 3 is 2.86 bits per heavy atom. The lowest BCUT2D eigenvalue weighted by atomic mass is 9.83. The lowest BCUT2D eigenvalue weighted by Crippen LogP contribution is -2.49. The van der Waals surface area contributed by atoms with Crippen LogP contribution in [0.2, 0.25) is 0 Å². The van der Waals surface area contributed by atoms with E-state index in [0.717, 1.165) is 41.4 Å². The first-order valence-electron chi connectivity index (χ1n) is 10.1. The zero-order valence-electron chi connectivity index (χ0n) is 16.8.